The van der Waals surface area contributed by atoms with Crippen LogP contribution in [0.3, 0.4) is 0 Å². The van der Waals surface area contributed by atoms with Crippen LogP contribution < -0.4 is 20.7 Å². The van der Waals surface area contributed by atoms with Gasteiger partial charge in [-0.3, -0.25) is 28.8 Å². The average Bonchev–Trinajstić information content (AvgIpc) is 2.83. The molecular weight excluding hydrogens is 556 g/mol. The molecule has 0 aromatic carbocycles. The third kappa shape index (κ3) is 11.7. The topological polar surface area (TPSA) is 244 Å². The van der Waals surface area contributed by atoms with Crippen molar-refractivity contribution in [1.82, 2.24) is 20.7 Å². The molecule has 1 saturated heterocycles. The SMILES string of the molecule is C=CS(=O)(=O)N[C@@H](CC(=O)N[C@@H]1O[C@@H](COC(C)=O)[C@@H](CC(=O)O)[C@@H](CC(=O)O)[C@H]1NC(C)=O)C(=O)NCCC. The van der Waals surface area contributed by atoms with E-state index in [9.17, 15) is 47.4 Å². The van der Waals surface area contributed by atoms with Gasteiger partial charge in [-0.25, -0.2) is 8.42 Å². The number of carboxylic acids is 2. The summed E-state index contributed by atoms with van der Waals surface area (Å²) < 4.78 is 36.9. The van der Waals surface area contributed by atoms with Gasteiger partial charge >= 0.3 is 17.9 Å². The van der Waals surface area contributed by atoms with Crippen molar-refractivity contribution >= 4 is 45.7 Å². The van der Waals surface area contributed by atoms with E-state index >= 15 is 0 Å². The second-order valence-electron chi connectivity index (χ2n) is 9.09. The molecule has 17 heteroatoms. The Hall–Kier alpha value is -3.57. The summed E-state index contributed by atoms with van der Waals surface area (Å²) in [6, 6.07) is -2.82. The van der Waals surface area contributed by atoms with Crippen molar-refractivity contribution in [3.8, 4) is 0 Å². The maximum Gasteiger partial charge on any atom is 0.303 e. The van der Waals surface area contributed by atoms with E-state index in [0.717, 1.165) is 13.8 Å². The van der Waals surface area contributed by atoms with Crippen LogP contribution in [-0.2, 0) is 48.3 Å². The van der Waals surface area contributed by atoms with Crippen LogP contribution in [0.4, 0.5) is 0 Å². The lowest BCUT2D eigenvalue weighted by atomic mass is 9.75. The second-order valence-corrected chi connectivity index (χ2v) is 10.8. The molecular formula is C23H36N4O12S. The molecule has 0 radical (unpaired) electrons. The molecule has 0 bridgehead atoms. The fourth-order valence-electron chi connectivity index (χ4n) is 4.22. The first-order chi connectivity index (χ1) is 18.6. The number of aliphatic carboxylic acids is 2. The maximum atomic E-state index is 13.0. The number of hydrogen-bond donors (Lipinski definition) is 6. The molecule has 6 atom stereocenters. The first-order valence-electron chi connectivity index (χ1n) is 12.3. The van der Waals surface area contributed by atoms with Gasteiger partial charge in [-0.05, 0) is 12.3 Å². The average molecular weight is 593 g/mol. The lowest BCUT2D eigenvalue weighted by Crippen LogP contribution is -2.64. The van der Waals surface area contributed by atoms with E-state index in [2.05, 4.69) is 22.5 Å². The van der Waals surface area contributed by atoms with Gasteiger partial charge in [0, 0.05) is 31.7 Å². The predicted octanol–water partition coefficient (Wildman–Crippen LogP) is -1.58. The van der Waals surface area contributed by atoms with Crippen molar-refractivity contribution in [3.63, 3.8) is 0 Å². The highest BCUT2D eigenvalue weighted by molar-refractivity contribution is 7.92. The first-order valence-corrected chi connectivity index (χ1v) is 13.9. The standard InChI is InChI=1S/C23H36N4O12S/c1-5-7-24-22(35)16(27-40(36,37)6-2)10-18(30)26-23-21(25-12(3)28)15(9-20(33)34)14(8-19(31)32)17(39-23)11-38-13(4)29/h6,14-17,21,23,27H,2,5,7-11H2,1,3-4H3,(H,24,35)(H,25,28)(H,26,30)(H,31,32)(H,33,34)/t14-,15+,16-,17-,21+,23+/m0/s1. The van der Waals surface area contributed by atoms with Crippen LogP contribution in [0.1, 0.15) is 46.5 Å². The Kier molecular flexibility index (Phi) is 13.7. The smallest absolute Gasteiger partial charge is 0.303 e. The van der Waals surface area contributed by atoms with E-state index in [1.165, 1.54) is 0 Å². The number of hydrogen-bond acceptors (Lipinski definition) is 10. The number of ether oxygens (including phenoxy) is 2. The Morgan fingerprint density at radius 3 is 2.12 bits per heavy atom. The number of carbonyl (C=O) groups excluding carboxylic acids is 4. The summed E-state index contributed by atoms with van der Waals surface area (Å²) in [5.74, 6) is -7.93. The van der Waals surface area contributed by atoms with Gasteiger partial charge in [0.05, 0.1) is 31.4 Å². The van der Waals surface area contributed by atoms with Crippen molar-refractivity contribution in [2.75, 3.05) is 13.2 Å². The molecule has 3 amide bonds. The number of carbonyl (C=O) groups is 6. The van der Waals surface area contributed by atoms with Gasteiger partial charge < -0.3 is 35.6 Å². The van der Waals surface area contributed by atoms with Gasteiger partial charge in [0.25, 0.3) is 0 Å². The minimum absolute atomic E-state index is 0.197. The minimum Gasteiger partial charge on any atom is -0.481 e. The molecule has 226 valence electrons. The van der Waals surface area contributed by atoms with Crippen molar-refractivity contribution in [3.05, 3.63) is 12.0 Å². The third-order valence-corrected chi connectivity index (χ3v) is 6.91. The molecule has 0 unspecified atom stereocenters. The Labute approximate surface area is 231 Å². The zero-order valence-corrected chi connectivity index (χ0v) is 23.2. The van der Waals surface area contributed by atoms with Crippen LogP contribution in [0.25, 0.3) is 0 Å². The molecule has 0 saturated carbocycles. The fraction of sp³-hybridized carbons (Fsp3) is 0.652. The van der Waals surface area contributed by atoms with Gasteiger partial charge in [-0.2, -0.15) is 4.72 Å². The number of carboxylic acid groups (broad SMARTS) is 2. The number of rotatable bonds is 16. The van der Waals surface area contributed by atoms with Crippen LogP contribution in [0.5, 0.6) is 0 Å². The highest BCUT2D eigenvalue weighted by Gasteiger charge is 2.48. The molecule has 6 N–H and O–H groups in total. The van der Waals surface area contributed by atoms with Crippen molar-refractivity contribution in [1.29, 1.82) is 0 Å². The summed E-state index contributed by atoms with van der Waals surface area (Å²) in [5, 5.41) is 26.9. The van der Waals surface area contributed by atoms with Gasteiger partial charge in [-0.1, -0.05) is 13.5 Å². The third-order valence-electron chi connectivity index (χ3n) is 5.86. The van der Waals surface area contributed by atoms with E-state index in [0.29, 0.717) is 11.8 Å². The van der Waals surface area contributed by atoms with Crippen molar-refractivity contribution in [2.24, 2.45) is 11.8 Å². The summed E-state index contributed by atoms with van der Waals surface area (Å²) in [4.78, 5) is 72.3. The molecule has 0 aromatic rings. The summed E-state index contributed by atoms with van der Waals surface area (Å²) in [6.45, 7) is 6.83. The Morgan fingerprint density at radius 1 is 1.02 bits per heavy atom. The Balaban J connectivity index is 3.38. The van der Waals surface area contributed by atoms with Gasteiger partial charge in [0.2, 0.25) is 27.7 Å². The molecule has 1 rings (SSSR count). The van der Waals surface area contributed by atoms with Crippen molar-refractivity contribution < 1.29 is 56.9 Å². The number of amides is 3. The molecule has 0 spiro atoms. The number of nitrogens with one attached hydrogen (secondary N) is 4. The van der Waals surface area contributed by atoms with E-state index in [4.69, 9.17) is 9.47 Å². The monoisotopic (exact) mass is 592 g/mol. The Bertz CT molecular complexity index is 1080. The summed E-state index contributed by atoms with van der Waals surface area (Å²) in [7, 11) is -4.14. The summed E-state index contributed by atoms with van der Waals surface area (Å²) >= 11 is 0. The molecule has 1 heterocycles. The van der Waals surface area contributed by atoms with E-state index in [-0.39, 0.29) is 6.54 Å². The van der Waals surface area contributed by atoms with Gasteiger partial charge in [-0.15, -0.1) is 0 Å². The second kappa shape index (κ2) is 15.9. The minimum atomic E-state index is -4.14. The lowest BCUT2D eigenvalue weighted by molar-refractivity contribution is -0.183. The molecule has 40 heavy (non-hydrogen) atoms. The van der Waals surface area contributed by atoms with Crippen LogP contribution >= 0.6 is 0 Å². The summed E-state index contributed by atoms with van der Waals surface area (Å²) in [6.07, 6.45) is -4.13. The van der Waals surface area contributed by atoms with Crippen LogP contribution in [0, 0.1) is 11.8 Å². The van der Waals surface area contributed by atoms with E-state index < -0.39 is 108 Å². The van der Waals surface area contributed by atoms with E-state index in [1.54, 1.807) is 6.92 Å². The largest absolute Gasteiger partial charge is 0.481 e. The normalized spacial score (nSPS) is 23.2. The highest BCUT2D eigenvalue weighted by atomic mass is 32.2. The molecule has 1 fully saturated rings. The molecule has 16 nitrogen and oxygen atoms in total. The lowest BCUT2D eigenvalue weighted by Gasteiger charge is -2.46. The predicted molar refractivity (Wildman–Crippen MR) is 136 cm³/mol. The van der Waals surface area contributed by atoms with Gasteiger partial charge in [0.15, 0.2) is 6.23 Å². The van der Waals surface area contributed by atoms with Crippen LogP contribution in [0.2, 0.25) is 0 Å². The first kappa shape index (κ1) is 34.5. The number of sulfonamides is 1. The fourth-order valence-corrected chi connectivity index (χ4v) is 4.90. The van der Waals surface area contributed by atoms with Gasteiger partial charge in [0.1, 0.15) is 12.6 Å². The zero-order chi connectivity index (χ0) is 30.6. The summed E-state index contributed by atoms with van der Waals surface area (Å²) in [5.41, 5.74) is 0. The van der Waals surface area contributed by atoms with Crippen LogP contribution in [0.15, 0.2) is 12.0 Å². The number of esters is 1. The molecule has 1 aliphatic rings. The van der Waals surface area contributed by atoms with Crippen LogP contribution in [-0.4, -0.2) is 91.8 Å². The zero-order valence-electron chi connectivity index (χ0n) is 22.4. The Morgan fingerprint density at radius 2 is 1.62 bits per heavy atom. The highest BCUT2D eigenvalue weighted by Crippen LogP contribution is 2.36. The molecule has 0 aromatic heterocycles. The quantitative estimate of drug-likeness (QED) is 0.111. The molecule has 0 aliphatic carbocycles. The van der Waals surface area contributed by atoms with Crippen molar-refractivity contribution in [2.45, 2.75) is 70.9 Å². The van der Waals surface area contributed by atoms with E-state index in [1.807, 2.05) is 4.72 Å². The maximum absolute atomic E-state index is 13.0. The molecule has 1 aliphatic heterocycles.